The molecule has 0 saturated carbocycles. The molecule has 0 aliphatic carbocycles. The maximum atomic E-state index is 12.3. The number of benzene rings is 1. The summed E-state index contributed by atoms with van der Waals surface area (Å²) in [7, 11) is 0. The Hall–Kier alpha value is -1.90. The molecule has 5 heteroatoms. The van der Waals surface area contributed by atoms with E-state index in [4.69, 9.17) is 0 Å². The van der Waals surface area contributed by atoms with Crippen molar-refractivity contribution < 1.29 is 4.79 Å². The van der Waals surface area contributed by atoms with Crippen molar-refractivity contribution in [2.75, 3.05) is 0 Å². The van der Waals surface area contributed by atoms with Crippen LogP contribution in [0.1, 0.15) is 29.8 Å². The molecule has 3 nitrogen and oxygen atoms in total. The van der Waals surface area contributed by atoms with Gasteiger partial charge in [0, 0.05) is 14.7 Å². The standard InChI is InChI=1S/C17H15BrN2OS/c1-2-16(12-6-4-3-5-7-12)20-17(21)13(10-19)8-15-9-14(18)11-22-15/h3-9,11,16H,2H2,1H3,(H,20,21)/b13-8-. The van der Waals surface area contributed by atoms with Crippen molar-refractivity contribution in [2.24, 2.45) is 0 Å². The average molecular weight is 375 g/mol. The first-order valence-corrected chi connectivity index (χ1v) is 8.53. The maximum absolute atomic E-state index is 12.3. The molecule has 0 aliphatic heterocycles. The van der Waals surface area contributed by atoms with E-state index >= 15 is 0 Å². The molecule has 2 aromatic rings. The van der Waals surface area contributed by atoms with E-state index in [2.05, 4.69) is 21.2 Å². The molecule has 0 radical (unpaired) electrons. The molecule has 0 aliphatic rings. The van der Waals surface area contributed by atoms with Crippen LogP contribution in [0.4, 0.5) is 0 Å². The first kappa shape index (κ1) is 16.5. The predicted octanol–water partition coefficient (Wildman–Crippen LogP) is 4.69. The van der Waals surface area contributed by atoms with Gasteiger partial charge in [-0.2, -0.15) is 5.26 Å². The molecule has 1 aromatic heterocycles. The fraction of sp³-hybridized carbons (Fsp3) is 0.176. The molecule has 0 fully saturated rings. The van der Waals surface area contributed by atoms with Crippen molar-refractivity contribution in [1.82, 2.24) is 5.32 Å². The number of amides is 1. The van der Waals surface area contributed by atoms with Gasteiger partial charge in [0.1, 0.15) is 11.6 Å². The molecule has 1 amide bonds. The zero-order valence-electron chi connectivity index (χ0n) is 12.0. The van der Waals surface area contributed by atoms with E-state index in [0.29, 0.717) is 0 Å². The van der Waals surface area contributed by atoms with E-state index in [9.17, 15) is 10.1 Å². The molecule has 2 rings (SSSR count). The highest BCUT2D eigenvalue weighted by atomic mass is 79.9. The van der Waals surface area contributed by atoms with Crippen LogP contribution in [0, 0.1) is 11.3 Å². The Morgan fingerprint density at radius 1 is 1.45 bits per heavy atom. The summed E-state index contributed by atoms with van der Waals surface area (Å²) < 4.78 is 0.942. The third-order valence-electron chi connectivity index (χ3n) is 3.15. The fourth-order valence-corrected chi connectivity index (χ4v) is 3.41. The molecular weight excluding hydrogens is 360 g/mol. The van der Waals surface area contributed by atoms with Gasteiger partial charge in [0.05, 0.1) is 6.04 Å². The highest BCUT2D eigenvalue weighted by Crippen LogP contribution is 2.22. The highest BCUT2D eigenvalue weighted by molar-refractivity contribution is 9.10. The molecule has 0 bridgehead atoms. The predicted molar refractivity (Wildman–Crippen MR) is 93.2 cm³/mol. The van der Waals surface area contributed by atoms with Gasteiger partial charge in [-0.05, 0) is 40.1 Å². The summed E-state index contributed by atoms with van der Waals surface area (Å²) in [5.41, 5.74) is 1.15. The molecule has 1 aromatic carbocycles. The Kier molecular flexibility index (Phi) is 5.93. The van der Waals surface area contributed by atoms with Crippen LogP contribution in [-0.4, -0.2) is 5.91 Å². The molecular formula is C17H15BrN2OS. The van der Waals surface area contributed by atoms with E-state index < -0.39 is 0 Å². The first-order chi connectivity index (χ1) is 10.6. The average Bonchev–Trinajstić information content (AvgIpc) is 2.96. The molecule has 112 valence electrons. The van der Waals surface area contributed by atoms with E-state index in [-0.39, 0.29) is 17.5 Å². The van der Waals surface area contributed by atoms with Crippen LogP contribution in [0.15, 0.2) is 51.8 Å². The monoisotopic (exact) mass is 374 g/mol. The van der Waals surface area contributed by atoms with E-state index in [1.807, 2.05) is 54.8 Å². The van der Waals surface area contributed by atoms with Crippen LogP contribution >= 0.6 is 27.3 Å². The summed E-state index contributed by atoms with van der Waals surface area (Å²) in [6, 6.07) is 13.5. The largest absolute Gasteiger partial charge is 0.345 e. The van der Waals surface area contributed by atoms with Crippen molar-refractivity contribution in [3.8, 4) is 6.07 Å². The molecule has 1 heterocycles. The molecule has 1 unspecified atom stereocenters. The summed E-state index contributed by atoms with van der Waals surface area (Å²) >= 11 is 4.84. The van der Waals surface area contributed by atoms with Crippen molar-refractivity contribution in [3.63, 3.8) is 0 Å². The number of carbonyl (C=O) groups is 1. The third-order valence-corrected chi connectivity index (χ3v) is 4.80. The second-order valence-electron chi connectivity index (χ2n) is 4.68. The van der Waals surface area contributed by atoms with Gasteiger partial charge in [0.2, 0.25) is 0 Å². The van der Waals surface area contributed by atoms with Crippen LogP contribution in [0.25, 0.3) is 6.08 Å². The number of nitrogens with one attached hydrogen (secondary N) is 1. The third kappa shape index (κ3) is 4.30. The topological polar surface area (TPSA) is 52.9 Å². The van der Waals surface area contributed by atoms with Gasteiger partial charge in [-0.3, -0.25) is 4.79 Å². The second kappa shape index (κ2) is 7.92. The number of nitriles is 1. The number of nitrogens with zero attached hydrogens (tertiary/aromatic N) is 1. The van der Waals surface area contributed by atoms with E-state index in [0.717, 1.165) is 21.3 Å². The lowest BCUT2D eigenvalue weighted by Crippen LogP contribution is -2.29. The summed E-state index contributed by atoms with van der Waals surface area (Å²) in [5, 5.41) is 14.1. The SMILES string of the molecule is CCC(NC(=O)/C(C#N)=C\c1cc(Br)cs1)c1ccccc1. The number of hydrogen-bond acceptors (Lipinski definition) is 3. The Bertz CT molecular complexity index is 716. The first-order valence-electron chi connectivity index (χ1n) is 6.85. The second-order valence-corrected chi connectivity index (χ2v) is 6.54. The summed E-state index contributed by atoms with van der Waals surface area (Å²) in [6.45, 7) is 2.00. The summed E-state index contributed by atoms with van der Waals surface area (Å²) in [6.07, 6.45) is 2.38. The molecule has 0 spiro atoms. The lowest BCUT2D eigenvalue weighted by molar-refractivity contribution is -0.117. The Morgan fingerprint density at radius 3 is 2.73 bits per heavy atom. The molecule has 1 atom stereocenters. The highest BCUT2D eigenvalue weighted by Gasteiger charge is 2.16. The number of hydrogen-bond donors (Lipinski definition) is 1. The van der Waals surface area contributed by atoms with Gasteiger partial charge < -0.3 is 5.32 Å². The molecule has 22 heavy (non-hydrogen) atoms. The van der Waals surface area contributed by atoms with Crippen LogP contribution in [0.2, 0.25) is 0 Å². The Balaban J connectivity index is 2.15. The number of halogens is 1. The van der Waals surface area contributed by atoms with Crippen LogP contribution in [0.5, 0.6) is 0 Å². The summed E-state index contributed by atoms with van der Waals surface area (Å²) in [5.74, 6) is -0.345. The lowest BCUT2D eigenvalue weighted by atomic mass is 10.0. The minimum atomic E-state index is -0.345. The minimum absolute atomic E-state index is 0.0967. The van der Waals surface area contributed by atoms with E-state index in [1.54, 1.807) is 6.08 Å². The zero-order valence-corrected chi connectivity index (χ0v) is 14.4. The van der Waals surface area contributed by atoms with Crippen LogP contribution < -0.4 is 5.32 Å². The normalized spacial score (nSPS) is 12.5. The Labute approximate surface area is 142 Å². The smallest absolute Gasteiger partial charge is 0.262 e. The summed E-state index contributed by atoms with van der Waals surface area (Å²) in [4.78, 5) is 13.2. The maximum Gasteiger partial charge on any atom is 0.262 e. The van der Waals surface area contributed by atoms with Crippen molar-refractivity contribution in [3.05, 3.63) is 62.3 Å². The number of carbonyl (C=O) groups excluding carboxylic acids is 1. The quantitative estimate of drug-likeness (QED) is 0.609. The lowest BCUT2D eigenvalue weighted by Gasteiger charge is -2.17. The number of rotatable bonds is 5. The molecule has 0 saturated heterocycles. The zero-order chi connectivity index (χ0) is 15.9. The number of thiophene rings is 1. The van der Waals surface area contributed by atoms with Crippen LogP contribution in [0.3, 0.4) is 0 Å². The van der Waals surface area contributed by atoms with Crippen molar-refractivity contribution >= 4 is 39.2 Å². The minimum Gasteiger partial charge on any atom is -0.345 e. The van der Waals surface area contributed by atoms with Gasteiger partial charge in [-0.1, -0.05) is 37.3 Å². The van der Waals surface area contributed by atoms with Gasteiger partial charge in [-0.15, -0.1) is 11.3 Å². The van der Waals surface area contributed by atoms with Gasteiger partial charge in [-0.25, -0.2) is 0 Å². The van der Waals surface area contributed by atoms with Gasteiger partial charge in [0.25, 0.3) is 5.91 Å². The van der Waals surface area contributed by atoms with Crippen LogP contribution in [-0.2, 0) is 4.79 Å². The van der Waals surface area contributed by atoms with Gasteiger partial charge >= 0.3 is 0 Å². The van der Waals surface area contributed by atoms with Gasteiger partial charge in [0.15, 0.2) is 0 Å². The fourth-order valence-electron chi connectivity index (χ4n) is 2.04. The Morgan fingerprint density at radius 2 is 2.18 bits per heavy atom. The van der Waals surface area contributed by atoms with Crippen molar-refractivity contribution in [1.29, 1.82) is 5.26 Å². The molecule has 1 N–H and O–H groups in total. The van der Waals surface area contributed by atoms with E-state index in [1.165, 1.54) is 11.3 Å². The van der Waals surface area contributed by atoms with Crippen molar-refractivity contribution in [2.45, 2.75) is 19.4 Å².